The second-order valence-corrected chi connectivity index (χ2v) is 7.16. The van der Waals surface area contributed by atoms with Crippen LogP contribution in [-0.2, 0) is 33.3 Å². The number of rotatable bonds is 3. The molecule has 0 bridgehead atoms. The van der Waals surface area contributed by atoms with E-state index in [0.717, 1.165) is 0 Å². The highest BCUT2D eigenvalue weighted by Crippen LogP contribution is 2.44. The second kappa shape index (κ2) is 5.63. The Morgan fingerprint density at radius 1 is 0.958 bits per heavy atom. The van der Waals surface area contributed by atoms with E-state index in [0.29, 0.717) is 0 Å². The molecule has 0 aliphatic carbocycles. The van der Waals surface area contributed by atoms with E-state index >= 15 is 0 Å². The van der Waals surface area contributed by atoms with Crippen LogP contribution in [0, 0.1) is 0 Å². The van der Waals surface area contributed by atoms with Crippen LogP contribution < -0.4 is 5.32 Å². The van der Waals surface area contributed by atoms with E-state index in [9.17, 15) is 9.59 Å². The van der Waals surface area contributed by atoms with Crippen LogP contribution in [-0.4, -0.2) is 65.3 Å². The number of nitrogens with one attached hydrogen (secondary N) is 1. The molecule has 3 saturated heterocycles. The lowest BCUT2D eigenvalue weighted by Gasteiger charge is -2.36. The number of aliphatic carboxylic acids is 1. The third kappa shape index (κ3) is 3.14. The fourth-order valence-electron chi connectivity index (χ4n) is 3.18. The van der Waals surface area contributed by atoms with Crippen LogP contribution in [0.15, 0.2) is 0 Å². The van der Waals surface area contributed by atoms with Gasteiger partial charge in [-0.2, -0.15) is 0 Å². The molecule has 0 unspecified atom stereocenters. The molecule has 0 saturated carbocycles. The summed E-state index contributed by atoms with van der Waals surface area (Å²) in [6.45, 7) is 8.32. The molecule has 24 heavy (non-hydrogen) atoms. The fraction of sp³-hybridized carbons (Fsp3) is 0.867. The van der Waals surface area contributed by atoms with Gasteiger partial charge in [-0.3, -0.25) is 9.59 Å². The topological polar surface area (TPSA) is 113 Å². The smallest absolute Gasteiger partial charge is 0.325 e. The summed E-state index contributed by atoms with van der Waals surface area (Å²) in [5.41, 5.74) is 0. The number of hydrogen-bond donors (Lipinski definition) is 2. The van der Waals surface area contributed by atoms with Gasteiger partial charge in [0.2, 0.25) is 0 Å². The van der Waals surface area contributed by atoms with E-state index < -0.39 is 60.2 Å². The lowest BCUT2D eigenvalue weighted by molar-refractivity contribution is -0.231. The van der Waals surface area contributed by atoms with Crippen molar-refractivity contribution in [1.29, 1.82) is 0 Å². The number of fused-ring (bicyclic) bond motifs is 3. The average Bonchev–Trinajstić information content (AvgIpc) is 2.91. The van der Waals surface area contributed by atoms with Gasteiger partial charge < -0.3 is 34.1 Å². The van der Waals surface area contributed by atoms with Gasteiger partial charge in [-0.1, -0.05) is 0 Å². The molecule has 9 heteroatoms. The zero-order chi connectivity index (χ0) is 17.9. The van der Waals surface area contributed by atoms with E-state index in [1.165, 1.54) is 6.92 Å². The van der Waals surface area contributed by atoms with Crippen LogP contribution in [0.25, 0.3) is 0 Å². The van der Waals surface area contributed by atoms with Crippen LogP contribution in [0.3, 0.4) is 0 Å². The highest BCUT2D eigenvalue weighted by atomic mass is 16.9. The van der Waals surface area contributed by atoms with E-state index in [1.54, 1.807) is 27.7 Å². The Bertz CT molecular complexity index is 548. The molecule has 3 aliphatic heterocycles. The summed E-state index contributed by atoms with van der Waals surface area (Å²) < 4.78 is 29.0. The molecule has 3 rings (SSSR count). The molecule has 3 heterocycles. The molecule has 9 nitrogen and oxygen atoms in total. The maximum absolute atomic E-state index is 12.5. The van der Waals surface area contributed by atoms with Gasteiger partial charge in [-0.05, 0) is 34.6 Å². The van der Waals surface area contributed by atoms with Gasteiger partial charge in [0, 0.05) is 0 Å². The minimum atomic E-state index is -1.14. The molecule has 0 spiro atoms. The first-order valence-electron chi connectivity index (χ1n) is 7.89. The number of carboxylic acid groups (broad SMARTS) is 1. The first kappa shape index (κ1) is 17.6. The highest BCUT2D eigenvalue weighted by Gasteiger charge is 2.62. The predicted molar refractivity (Wildman–Crippen MR) is 77.8 cm³/mol. The van der Waals surface area contributed by atoms with Crippen LogP contribution in [0.1, 0.15) is 34.6 Å². The SMILES string of the molecule is C[C@H](NC(=O)[C@H]1O[C@@H]2OC(C)(C)O[C@@H]2[C@H]2OC(C)(C)O[C@H]21)C(=O)O. The van der Waals surface area contributed by atoms with E-state index in [1.807, 2.05) is 0 Å². The standard InChI is InChI=1S/C15H23NO8/c1-6(12(18)19)16-11(17)9-7-8(22-14(2,3)21-7)10-13(20-9)24-15(4,5)23-10/h6-10,13H,1-5H3,(H,16,17)(H,18,19)/t6-,7+,8-,9-,10+,13+/m0/s1. The number of amides is 1. The highest BCUT2D eigenvalue weighted by molar-refractivity contribution is 5.86. The number of hydrogen-bond acceptors (Lipinski definition) is 7. The Kier molecular flexibility index (Phi) is 4.12. The van der Waals surface area contributed by atoms with Gasteiger partial charge in [0.15, 0.2) is 24.0 Å². The molecule has 136 valence electrons. The molecule has 0 aromatic heterocycles. The zero-order valence-corrected chi connectivity index (χ0v) is 14.3. The van der Waals surface area contributed by atoms with Crippen LogP contribution in [0.4, 0.5) is 0 Å². The Balaban J connectivity index is 1.82. The molecular formula is C15H23NO8. The molecule has 3 aliphatic rings. The third-order valence-electron chi connectivity index (χ3n) is 4.14. The van der Waals surface area contributed by atoms with Crippen molar-refractivity contribution in [3.63, 3.8) is 0 Å². The molecule has 2 N–H and O–H groups in total. The van der Waals surface area contributed by atoms with Crippen molar-refractivity contribution in [2.45, 2.75) is 82.9 Å². The Labute approximate surface area is 139 Å². The first-order valence-corrected chi connectivity index (χ1v) is 7.89. The van der Waals surface area contributed by atoms with Gasteiger partial charge >= 0.3 is 5.97 Å². The van der Waals surface area contributed by atoms with E-state index in [4.69, 9.17) is 28.8 Å². The maximum atomic E-state index is 12.5. The first-order chi connectivity index (χ1) is 11.0. The lowest BCUT2D eigenvalue weighted by atomic mass is 9.98. The largest absolute Gasteiger partial charge is 0.480 e. The average molecular weight is 345 g/mol. The third-order valence-corrected chi connectivity index (χ3v) is 4.14. The van der Waals surface area contributed by atoms with Crippen LogP contribution >= 0.6 is 0 Å². The van der Waals surface area contributed by atoms with E-state index in [-0.39, 0.29) is 0 Å². The van der Waals surface area contributed by atoms with Crippen molar-refractivity contribution in [2.24, 2.45) is 0 Å². The quantitative estimate of drug-likeness (QED) is 0.733. The van der Waals surface area contributed by atoms with Gasteiger partial charge in [0.1, 0.15) is 24.4 Å². The number of ether oxygens (including phenoxy) is 5. The summed E-state index contributed by atoms with van der Waals surface area (Å²) in [5.74, 6) is -3.52. The van der Waals surface area contributed by atoms with E-state index in [2.05, 4.69) is 5.32 Å². The van der Waals surface area contributed by atoms with Gasteiger partial charge in [0.25, 0.3) is 5.91 Å². The zero-order valence-electron chi connectivity index (χ0n) is 14.3. The summed E-state index contributed by atoms with van der Waals surface area (Å²) >= 11 is 0. The molecular weight excluding hydrogens is 322 g/mol. The number of carbonyl (C=O) groups excluding carboxylic acids is 1. The molecule has 0 aromatic rings. The number of carbonyl (C=O) groups is 2. The lowest BCUT2D eigenvalue weighted by Crippen LogP contribution is -2.60. The van der Waals surface area contributed by atoms with Crippen molar-refractivity contribution in [3.05, 3.63) is 0 Å². The number of carboxylic acids is 1. The van der Waals surface area contributed by atoms with Crippen molar-refractivity contribution in [3.8, 4) is 0 Å². The molecule has 3 fully saturated rings. The minimum absolute atomic E-state index is 0.535. The second-order valence-electron chi connectivity index (χ2n) is 7.16. The summed E-state index contributed by atoms with van der Waals surface area (Å²) in [6.07, 6.45) is -3.67. The monoisotopic (exact) mass is 345 g/mol. The Morgan fingerprint density at radius 3 is 2.12 bits per heavy atom. The van der Waals surface area contributed by atoms with Gasteiger partial charge in [0.05, 0.1) is 0 Å². The minimum Gasteiger partial charge on any atom is -0.480 e. The summed E-state index contributed by atoms with van der Waals surface area (Å²) in [5, 5.41) is 11.4. The molecule has 6 atom stereocenters. The summed E-state index contributed by atoms with van der Waals surface area (Å²) in [4.78, 5) is 23.4. The predicted octanol–water partition coefficient (Wildman–Crippen LogP) is -0.0278. The molecule has 0 aromatic carbocycles. The summed E-state index contributed by atoms with van der Waals surface area (Å²) in [7, 11) is 0. The Hall–Kier alpha value is -1.26. The van der Waals surface area contributed by atoms with Crippen molar-refractivity contribution in [2.75, 3.05) is 0 Å². The van der Waals surface area contributed by atoms with Crippen molar-refractivity contribution in [1.82, 2.24) is 5.32 Å². The van der Waals surface area contributed by atoms with Gasteiger partial charge in [-0.25, -0.2) is 0 Å². The molecule has 0 radical (unpaired) electrons. The van der Waals surface area contributed by atoms with Crippen molar-refractivity contribution >= 4 is 11.9 Å². The van der Waals surface area contributed by atoms with Crippen molar-refractivity contribution < 1.29 is 38.4 Å². The molecule has 1 amide bonds. The van der Waals surface area contributed by atoms with Gasteiger partial charge in [-0.15, -0.1) is 0 Å². The van der Waals surface area contributed by atoms with Crippen LogP contribution in [0.2, 0.25) is 0 Å². The normalized spacial score (nSPS) is 40.5. The van der Waals surface area contributed by atoms with Crippen LogP contribution in [0.5, 0.6) is 0 Å². The summed E-state index contributed by atoms with van der Waals surface area (Å²) in [6, 6.07) is -1.05. The maximum Gasteiger partial charge on any atom is 0.325 e. The fourth-order valence-corrected chi connectivity index (χ4v) is 3.18. The Morgan fingerprint density at radius 2 is 1.50 bits per heavy atom.